The summed E-state index contributed by atoms with van der Waals surface area (Å²) in [5.74, 6) is 4.06. The summed E-state index contributed by atoms with van der Waals surface area (Å²) < 4.78 is 34.3. The maximum Gasteiger partial charge on any atom is 0.163 e. The fourth-order valence-electron chi connectivity index (χ4n) is 7.55. The summed E-state index contributed by atoms with van der Waals surface area (Å²) in [7, 11) is 3.40. The van der Waals surface area contributed by atoms with E-state index >= 15 is 0 Å². The van der Waals surface area contributed by atoms with Gasteiger partial charge in [0.15, 0.2) is 11.6 Å². The summed E-state index contributed by atoms with van der Waals surface area (Å²) in [5.41, 5.74) is 16.1. The predicted octanol–water partition coefficient (Wildman–Crippen LogP) is 4.26. The second-order valence-corrected chi connectivity index (χ2v) is 15.1. The van der Waals surface area contributed by atoms with Crippen LogP contribution in [-0.4, -0.2) is 109 Å². The summed E-state index contributed by atoms with van der Waals surface area (Å²) in [6.07, 6.45) is 4.88. The van der Waals surface area contributed by atoms with E-state index in [0.29, 0.717) is 76.1 Å². The standard InChI is InChI=1S/2C20H27N5O3/c2*1-13-11-27-9-7-25(13)19-15-12-28-20(2,6-8-26-3)17(15)23-18(24-19)14-4-5-16(21)22-10-14/h2*4-5,10,13H,6-9,11-12H2,1-3H3,(H2,21,22)/t13-,20+;13-,20-/m00/s1. The van der Waals surface area contributed by atoms with Crippen LogP contribution in [0.15, 0.2) is 36.7 Å². The number of nitrogens with zero attached hydrogens (tertiary/aromatic N) is 8. The number of ether oxygens (including phenoxy) is 6. The van der Waals surface area contributed by atoms with Crippen molar-refractivity contribution < 1.29 is 28.4 Å². The Kier molecular flexibility index (Phi) is 11.9. The van der Waals surface area contributed by atoms with Crippen LogP contribution in [0.1, 0.15) is 63.1 Å². The molecule has 0 amide bonds. The summed E-state index contributed by atoms with van der Waals surface area (Å²) in [4.78, 5) is 32.7. The lowest BCUT2D eigenvalue weighted by atomic mass is 9.96. The van der Waals surface area contributed by atoms with Gasteiger partial charge in [-0.25, -0.2) is 29.9 Å². The number of aromatic nitrogens is 6. The second kappa shape index (κ2) is 16.9. The molecule has 0 radical (unpaired) electrons. The molecule has 0 aromatic carbocycles. The molecule has 4 aromatic heterocycles. The third-order valence-electron chi connectivity index (χ3n) is 11.0. The Morgan fingerprint density at radius 3 is 1.46 bits per heavy atom. The van der Waals surface area contributed by atoms with E-state index in [1.807, 2.05) is 12.1 Å². The molecule has 4 aromatic rings. The number of anilines is 4. The first-order chi connectivity index (χ1) is 27.0. The van der Waals surface area contributed by atoms with Crippen LogP contribution in [0.2, 0.25) is 0 Å². The molecule has 0 spiro atoms. The quantitative estimate of drug-likeness (QED) is 0.232. The number of hydrogen-bond donors (Lipinski definition) is 2. The zero-order valence-corrected chi connectivity index (χ0v) is 33.3. The van der Waals surface area contributed by atoms with Gasteiger partial charge in [-0.05, 0) is 52.0 Å². The lowest BCUT2D eigenvalue weighted by molar-refractivity contribution is -0.0450. The van der Waals surface area contributed by atoms with Crippen LogP contribution in [0.25, 0.3) is 22.8 Å². The van der Waals surface area contributed by atoms with Gasteiger partial charge in [0.1, 0.15) is 34.5 Å². The maximum absolute atomic E-state index is 6.21. The van der Waals surface area contributed by atoms with Crippen LogP contribution in [0, 0.1) is 0 Å². The Morgan fingerprint density at radius 2 is 1.11 bits per heavy atom. The lowest BCUT2D eigenvalue weighted by Gasteiger charge is -2.35. The van der Waals surface area contributed by atoms with Gasteiger partial charge in [-0.2, -0.15) is 0 Å². The van der Waals surface area contributed by atoms with E-state index in [2.05, 4.69) is 47.5 Å². The molecule has 8 rings (SSSR count). The normalized spacial score (nSPS) is 24.4. The van der Waals surface area contributed by atoms with Crippen LogP contribution in [0.5, 0.6) is 0 Å². The minimum absolute atomic E-state index is 0.232. The van der Waals surface area contributed by atoms with Crippen LogP contribution in [0.4, 0.5) is 23.3 Å². The SMILES string of the molecule is COCC[C@@]1(C)OCc2c(N3CCOC[C@@H]3C)nc(-c3ccc(N)nc3)nc21.COCC[C@]1(C)OCc2c(N3CCOC[C@@H]3C)nc(-c3ccc(N)nc3)nc21. The molecule has 0 bridgehead atoms. The van der Waals surface area contributed by atoms with E-state index in [0.717, 1.165) is 71.2 Å². The van der Waals surface area contributed by atoms with Crippen molar-refractivity contribution in [3.63, 3.8) is 0 Å². The molecular weight excluding hydrogens is 717 g/mol. The average Bonchev–Trinajstić information content (AvgIpc) is 3.73. The van der Waals surface area contributed by atoms with Crippen molar-refractivity contribution in [3.8, 4) is 22.8 Å². The van der Waals surface area contributed by atoms with E-state index in [1.165, 1.54) is 0 Å². The number of morpholine rings is 2. The minimum Gasteiger partial charge on any atom is -0.385 e. The van der Waals surface area contributed by atoms with Crippen molar-refractivity contribution in [3.05, 3.63) is 59.2 Å². The van der Waals surface area contributed by atoms with Crippen molar-refractivity contribution in [2.24, 2.45) is 0 Å². The zero-order chi connectivity index (χ0) is 39.5. The lowest BCUT2D eigenvalue weighted by Crippen LogP contribution is -2.44. The molecule has 0 unspecified atom stereocenters. The predicted molar refractivity (Wildman–Crippen MR) is 212 cm³/mol. The molecule has 4 atom stereocenters. The van der Waals surface area contributed by atoms with Gasteiger partial charge in [-0.15, -0.1) is 0 Å². The van der Waals surface area contributed by atoms with Crippen LogP contribution in [-0.2, 0) is 52.8 Å². The van der Waals surface area contributed by atoms with E-state index in [-0.39, 0.29) is 12.1 Å². The van der Waals surface area contributed by atoms with Crippen LogP contribution < -0.4 is 21.3 Å². The molecule has 4 N–H and O–H groups in total. The van der Waals surface area contributed by atoms with E-state index in [4.69, 9.17) is 59.8 Å². The van der Waals surface area contributed by atoms with E-state index < -0.39 is 11.2 Å². The molecule has 0 aliphatic carbocycles. The highest BCUT2D eigenvalue weighted by atomic mass is 16.5. The molecule has 16 nitrogen and oxygen atoms in total. The van der Waals surface area contributed by atoms with Gasteiger partial charge in [-0.3, -0.25) is 0 Å². The Balaban J connectivity index is 0.000000172. The summed E-state index contributed by atoms with van der Waals surface area (Å²) in [6, 6.07) is 7.80. The minimum atomic E-state index is -0.505. The second-order valence-electron chi connectivity index (χ2n) is 15.1. The first-order valence-corrected chi connectivity index (χ1v) is 19.2. The molecule has 2 fully saturated rings. The average molecular weight is 771 g/mol. The van der Waals surface area contributed by atoms with E-state index in [9.17, 15) is 0 Å². The Hall–Kier alpha value is -4.58. The van der Waals surface area contributed by atoms with Gasteiger partial charge < -0.3 is 49.7 Å². The maximum atomic E-state index is 6.21. The highest BCUT2D eigenvalue weighted by Crippen LogP contribution is 2.44. The monoisotopic (exact) mass is 770 g/mol. The van der Waals surface area contributed by atoms with Gasteiger partial charge in [0.05, 0.1) is 63.1 Å². The third kappa shape index (κ3) is 8.12. The van der Waals surface area contributed by atoms with Crippen molar-refractivity contribution in [1.82, 2.24) is 29.9 Å². The molecule has 56 heavy (non-hydrogen) atoms. The first-order valence-electron chi connectivity index (χ1n) is 19.2. The van der Waals surface area contributed by atoms with Gasteiger partial charge in [0.25, 0.3) is 0 Å². The molecule has 16 heteroatoms. The highest BCUT2D eigenvalue weighted by Gasteiger charge is 2.42. The Morgan fingerprint density at radius 1 is 0.679 bits per heavy atom. The van der Waals surface area contributed by atoms with Crippen molar-refractivity contribution in [2.75, 3.05) is 88.2 Å². The van der Waals surface area contributed by atoms with E-state index in [1.54, 1.807) is 38.7 Å². The Labute approximate surface area is 328 Å². The molecule has 4 aliphatic rings. The topological polar surface area (TPSA) is 191 Å². The number of fused-ring (bicyclic) bond motifs is 2. The number of pyridine rings is 2. The van der Waals surface area contributed by atoms with Gasteiger partial charge in [-0.1, -0.05) is 0 Å². The number of nitrogen functional groups attached to an aromatic ring is 2. The zero-order valence-electron chi connectivity index (χ0n) is 33.3. The summed E-state index contributed by atoms with van der Waals surface area (Å²) in [5, 5.41) is 0. The van der Waals surface area contributed by atoms with Gasteiger partial charge >= 0.3 is 0 Å². The molecular formula is C40H54N10O6. The Bertz CT molecular complexity index is 1830. The largest absolute Gasteiger partial charge is 0.385 e. The van der Waals surface area contributed by atoms with Crippen molar-refractivity contribution >= 4 is 23.3 Å². The van der Waals surface area contributed by atoms with Crippen molar-refractivity contribution in [2.45, 2.75) is 77.0 Å². The molecule has 2 saturated heterocycles. The number of methoxy groups -OCH3 is 2. The summed E-state index contributed by atoms with van der Waals surface area (Å²) >= 11 is 0. The third-order valence-corrected chi connectivity index (χ3v) is 11.0. The molecule has 4 aliphatic heterocycles. The number of rotatable bonds is 10. The highest BCUT2D eigenvalue weighted by molar-refractivity contribution is 5.64. The fraction of sp³-hybridized carbons (Fsp3) is 0.550. The van der Waals surface area contributed by atoms with Crippen molar-refractivity contribution in [1.29, 1.82) is 0 Å². The van der Waals surface area contributed by atoms with Gasteiger partial charge in [0.2, 0.25) is 0 Å². The molecule has 8 heterocycles. The number of hydrogen-bond acceptors (Lipinski definition) is 16. The first kappa shape index (κ1) is 39.6. The molecule has 300 valence electrons. The van der Waals surface area contributed by atoms with Crippen LogP contribution >= 0.6 is 0 Å². The van der Waals surface area contributed by atoms with Crippen LogP contribution in [0.3, 0.4) is 0 Å². The molecule has 0 saturated carbocycles. The fourth-order valence-corrected chi connectivity index (χ4v) is 7.55. The smallest absolute Gasteiger partial charge is 0.163 e. The van der Waals surface area contributed by atoms with Gasteiger partial charge in [0, 0.05) is 88.0 Å². The summed E-state index contributed by atoms with van der Waals surface area (Å²) in [6.45, 7) is 14.9. The number of nitrogens with two attached hydrogens (primary N) is 2.